The summed E-state index contributed by atoms with van der Waals surface area (Å²) in [6.07, 6.45) is -0.160. The maximum Gasteiger partial charge on any atom is 0.251 e. The summed E-state index contributed by atoms with van der Waals surface area (Å²) in [6, 6.07) is 0. The number of aliphatic hydroxyl groups excluding tert-OH is 1. The number of nitrogens with zero attached hydrogens (tertiary/aromatic N) is 2. The zero-order valence-corrected chi connectivity index (χ0v) is 7.64. The van der Waals surface area contributed by atoms with Gasteiger partial charge in [-0.05, 0) is 6.92 Å². The van der Waals surface area contributed by atoms with Crippen LogP contribution >= 0.6 is 0 Å². The highest BCUT2D eigenvalue weighted by atomic mass is 16.3. The fourth-order valence-electron chi connectivity index (χ4n) is 1.31. The van der Waals surface area contributed by atoms with Gasteiger partial charge in [-0.2, -0.15) is 0 Å². The number of hydrogen-bond donors (Lipinski definition) is 1. The van der Waals surface area contributed by atoms with Gasteiger partial charge in [-0.15, -0.1) is 0 Å². The van der Waals surface area contributed by atoms with E-state index in [1.54, 1.807) is 9.80 Å². The normalized spacial score (nSPS) is 19.8. The second-order valence-corrected chi connectivity index (χ2v) is 3.14. The highest BCUT2D eigenvalue weighted by molar-refractivity contribution is 5.80. The molecule has 0 spiro atoms. The summed E-state index contributed by atoms with van der Waals surface area (Å²) in [5.41, 5.74) is 0. The van der Waals surface area contributed by atoms with E-state index in [2.05, 4.69) is 0 Å². The van der Waals surface area contributed by atoms with Gasteiger partial charge in [-0.1, -0.05) is 0 Å². The zero-order chi connectivity index (χ0) is 9.84. The molecule has 0 aliphatic carbocycles. The molecule has 0 aromatic rings. The summed E-state index contributed by atoms with van der Waals surface area (Å²) in [6.45, 7) is 3.60. The van der Waals surface area contributed by atoms with Crippen LogP contribution < -0.4 is 0 Å². The summed E-state index contributed by atoms with van der Waals surface area (Å²) in [4.78, 5) is 24.8. The fourth-order valence-corrected chi connectivity index (χ4v) is 1.31. The Hall–Kier alpha value is -1.10. The molecule has 2 amide bonds. The van der Waals surface area contributed by atoms with Gasteiger partial charge in [0.15, 0.2) is 0 Å². The molecule has 1 heterocycles. The molecule has 1 fully saturated rings. The van der Waals surface area contributed by atoms with E-state index in [4.69, 9.17) is 5.11 Å². The molecule has 0 saturated carbocycles. The van der Waals surface area contributed by atoms with Crippen LogP contribution in [0, 0.1) is 0 Å². The average Bonchev–Trinajstić information content (AvgIpc) is 2.17. The van der Waals surface area contributed by atoms with Crippen LogP contribution in [-0.4, -0.2) is 59.5 Å². The lowest BCUT2D eigenvalue weighted by atomic mass is 10.3. The lowest BCUT2D eigenvalue weighted by molar-refractivity contribution is -0.142. The Morgan fingerprint density at radius 2 is 1.92 bits per heavy atom. The number of piperazine rings is 1. The van der Waals surface area contributed by atoms with E-state index in [1.165, 1.54) is 6.92 Å². The lowest BCUT2D eigenvalue weighted by Gasteiger charge is -2.33. The first-order valence-electron chi connectivity index (χ1n) is 4.31. The molecule has 0 aromatic carbocycles. The first kappa shape index (κ1) is 9.98. The average molecular weight is 186 g/mol. The Kier molecular flexibility index (Phi) is 3.25. The van der Waals surface area contributed by atoms with Crippen molar-refractivity contribution in [1.82, 2.24) is 9.80 Å². The van der Waals surface area contributed by atoms with Crippen molar-refractivity contribution in [3.8, 4) is 0 Å². The molecule has 1 saturated heterocycles. The monoisotopic (exact) mass is 186 g/mol. The molecule has 74 valence electrons. The number of carbonyl (C=O) groups is 2. The Morgan fingerprint density at radius 1 is 1.38 bits per heavy atom. The van der Waals surface area contributed by atoms with Gasteiger partial charge in [0.25, 0.3) is 5.91 Å². The third-order valence-electron chi connectivity index (χ3n) is 2.13. The third-order valence-corrected chi connectivity index (χ3v) is 2.13. The molecule has 1 atom stereocenters. The lowest BCUT2D eigenvalue weighted by Crippen LogP contribution is -2.50. The standard InChI is InChI=1S/C8H14N2O3/c1-7(12)8(13)10-4-2-9(6-11)3-5-10/h6-7,12H,2-5H2,1H3. The molecule has 1 rings (SSSR count). The second kappa shape index (κ2) is 4.23. The van der Waals surface area contributed by atoms with Crippen molar-refractivity contribution in [1.29, 1.82) is 0 Å². The molecular formula is C8H14N2O3. The van der Waals surface area contributed by atoms with Crippen molar-refractivity contribution in [2.45, 2.75) is 13.0 Å². The number of hydrogen-bond acceptors (Lipinski definition) is 3. The van der Waals surface area contributed by atoms with E-state index in [9.17, 15) is 9.59 Å². The summed E-state index contributed by atoms with van der Waals surface area (Å²) in [5, 5.41) is 9.02. The Morgan fingerprint density at radius 3 is 2.31 bits per heavy atom. The first-order valence-corrected chi connectivity index (χ1v) is 4.31. The fraction of sp³-hybridized carbons (Fsp3) is 0.750. The van der Waals surface area contributed by atoms with Crippen LogP contribution in [0.1, 0.15) is 6.92 Å². The van der Waals surface area contributed by atoms with E-state index in [0.29, 0.717) is 26.2 Å². The summed E-state index contributed by atoms with van der Waals surface area (Å²) in [7, 11) is 0. The molecule has 0 aromatic heterocycles. The Bertz CT molecular complexity index is 198. The molecule has 1 N–H and O–H groups in total. The van der Waals surface area contributed by atoms with Crippen LogP contribution in [0.5, 0.6) is 0 Å². The van der Waals surface area contributed by atoms with Crippen molar-refractivity contribution in [3.63, 3.8) is 0 Å². The predicted octanol–water partition coefficient (Wildman–Crippen LogP) is -1.33. The molecule has 13 heavy (non-hydrogen) atoms. The van der Waals surface area contributed by atoms with Crippen LogP contribution in [0.3, 0.4) is 0 Å². The molecule has 1 aliphatic rings. The van der Waals surface area contributed by atoms with Crippen molar-refractivity contribution < 1.29 is 14.7 Å². The maximum absolute atomic E-state index is 11.3. The van der Waals surface area contributed by atoms with Gasteiger partial charge in [0.2, 0.25) is 6.41 Å². The summed E-state index contributed by atoms with van der Waals surface area (Å²) in [5.74, 6) is -0.259. The number of rotatable bonds is 2. The maximum atomic E-state index is 11.3. The van der Waals surface area contributed by atoms with Crippen molar-refractivity contribution in [2.24, 2.45) is 0 Å². The van der Waals surface area contributed by atoms with Gasteiger partial charge in [0, 0.05) is 26.2 Å². The summed E-state index contributed by atoms with van der Waals surface area (Å²) < 4.78 is 0. The number of aliphatic hydroxyl groups is 1. The molecular weight excluding hydrogens is 172 g/mol. The third kappa shape index (κ3) is 2.42. The SMILES string of the molecule is CC(O)C(=O)N1CCN(C=O)CC1. The van der Waals surface area contributed by atoms with E-state index in [1.807, 2.05) is 0 Å². The molecule has 1 aliphatic heterocycles. The Labute approximate surface area is 76.9 Å². The van der Waals surface area contributed by atoms with Crippen LogP contribution in [-0.2, 0) is 9.59 Å². The zero-order valence-electron chi connectivity index (χ0n) is 7.64. The quantitative estimate of drug-likeness (QED) is 0.543. The van der Waals surface area contributed by atoms with Crippen LogP contribution in [0.25, 0.3) is 0 Å². The van der Waals surface area contributed by atoms with Gasteiger partial charge in [0.05, 0.1) is 0 Å². The summed E-state index contributed by atoms with van der Waals surface area (Å²) >= 11 is 0. The van der Waals surface area contributed by atoms with Crippen LogP contribution in [0.4, 0.5) is 0 Å². The molecule has 0 bridgehead atoms. The van der Waals surface area contributed by atoms with E-state index < -0.39 is 6.10 Å². The molecule has 1 unspecified atom stereocenters. The Balaban J connectivity index is 2.40. The minimum absolute atomic E-state index is 0.259. The second-order valence-electron chi connectivity index (χ2n) is 3.14. The minimum Gasteiger partial charge on any atom is -0.384 e. The van der Waals surface area contributed by atoms with Gasteiger partial charge >= 0.3 is 0 Å². The van der Waals surface area contributed by atoms with Crippen LogP contribution in [0.2, 0.25) is 0 Å². The van der Waals surface area contributed by atoms with Crippen molar-refractivity contribution >= 4 is 12.3 Å². The van der Waals surface area contributed by atoms with Crippen LogP contribution in [0.15, 0.2) is 0 Å². The van der Waals surface area contributed by atoms with Gasteiger partial charge in [-0.25, -0.2) is 0 Å². The molecule has 0 radical (unpaired) electrons. The topological polar surface area (TPSA) is 60.9 Å². The van der Waals surface area contributed by atoms with E-state index >= 15 is 0 Å². The number of amides is 2. The van der Waals surface area contributed by atoms with E-state index in [-0.39, 0.29) is 5.91 Å². The largest absolute Gasteiger partial charge is 0.384 e. The smallest absolute Gasteiger partial charge is 0.251 e. The predicted molar refractivity (Wildman–Crippen MR) is 45.9 cm³/mol. The van der Waals surface area contributed by atoms with Crippen molar-refractivity contribution in [3.05, 3.63) is 0 Å². The van der Waals surface area contributed by atoms with Gasteiger partial charge in [0.1, 0.15) is 6.10 Å². The first-order chi connectivity index (χ1) is 6.15. The highest BCUT2D eigenvalue weighted by Crippen LogP contribution is 2.01. The van der Waals surface area contributed by atoms with Gasteiger partial charge < -0.3 is 14.9 Å². The number of carbonyl (C=O) groups excluding carboxylic acids is 2. The minimum atomic E-state index is -0.942. The highest BCUT2D eigenvalue weighted by Gasteiger charge is 2.22. The molecule has 5 nitrogen and oxygen atoms in total. The van der Waals surface area contributed by atoms with E-state index in [0.717, 1.165) is 6.41 Å². The molecule has 5 heteroatoms. The van der Waals surface area contributed by atoms with Crippen molar-refractivity contribution in [2.75, 3.05) is 26.2 Å². The van der Waals surface area contributed by atoms with Gasteiger partial charge in [-0.3, -0.25) is 9.59 Å².